The normalized spacial score (nSPS) is 28.8. The van der Waals surface area contributed by atoms with Gasteiger partial charge in [-0.2, -0.15) is 0 Å². The topological polar surface area (TPSA) is 21.3 Å². The Hall–Kier alpha value is -1.44. The zero-order valence-corrected chi connectivity index (χ0v) is 5.53. The van der Waals surface area contributed by atoms with Crippen LogP contribution in [-0.4, -0.2) is 0 Å². The fourth-order valence-corrected chi connectivity index (χ4v) is 0.515. The van der Waals surface area contributed by atoms with Gasteiger partial charge in [-0.05, 0) is 12.2 Å². The molecule has 0 aromatic rings. The van der Waals surface area contributed by atoms with Crippen LogP contribution < -0.4 is 5.48 Å². The zero-order chi connectivity index (χ0) is 7.07. The van der Waals surface area contributed by atoms with Gasteiger partial charge < -0.3 is 4.84 Å². The fraction of sp³-hybridized carbons (Fsp3) is 0. The van der Waals surface area contributed by atoms with E-state index >= 15 is 0 Å². The molecule has 0 unspecified atom stereocenters. The van der Waals surface area contributed by atoms with Crippen molar-refractivity contribution in [2.45, 2.75) is 0 Å². The highest BCUT2D eigenvalue weighted by Gasteiger charge is 1.70. The molecule has 1 aliphatic heterocycles. The highest BCUT2D eigenvalue weighted by molar-refractivity contribution is 5.14. The van der Waals surface area contributed by atoms with Crippen LogP contribution in [0.15, 0.2) is 48.9 Å². The van der Waals surface area contributed by atoms with Crippen molar-refractivity contribution in [2.75, 3.05) is 0 Å². The van der Waals surface area contributed by atoms with Crippen LogP contribution in [0, 0.1) is 0 Å². The molecule has 1 rings (SSSR count). The van der Waals surface area contributed by atoms with Crippen molar-refractivity contribution >= 4 is 0 Å². The third kappa shape index (κ3) is 2.77. The molecule has 0 aromatic heterocycles. The molecule has 0 radical (unpaired) electrons. The number of hydrogen-bond acceptors (Lipinski definition) is 2. The lowest BCUT2D eigenvalue weighted by Crippen LogP contribution is -1.99. The second-order valence-corrected chi connectivity index (χ2v) is 1.69. The van der Waals surface area contributed by atoms with Gasteiger partial charge in [0.1, 0.15) is 6.26 Å². The lowest BCUT2D eigenvalue weighted by molar-refractivity contribution is 0.176. The van der Waals surface area contributed by atoms with E-state index in [1.165, 1.54) is 0 Å². The van der Waals surface area contributed by atoms with Gasteiger partial charge in [-0.25, -0.2) is 5.48 Å². The summed E-state index contributed by atoms with van der Waals surface area (Å²) in [7, 11) is 0. The van der Waals surface area contributed by atoms with Crippen LogP contribution in [-0.2, 0) is 4.84 Å². The van der Waals surface area contributed by atoms with Gasteiger partial charge in [-0.1, -0.05) is 24.3 Å². The lowest BCUT2D eigenvalue weighted by atomic mass is 10.4. The van der Waals surface area contributed by atoms with E-state index in [2.05, 4.69) is 5.48 Å². The molecule has 1 N–H and O–H groups in total. The minimum absolute atomic E-state index is 1.57. The molecule has 0 fully saturated rings. The van der Waals surface area contributed by atoms with Crippen molar-refractivity contribution in [1.29, 1.82) is 0 Å². The summed E-state index contributed by atoms with van der Waals surface area (Å²) in [6.07, 6.45) is 14.6. The van der Waals surface area contributed by atoms with Gasteiger partial charge in [0.15, 0.2) is 0 Å². The second kappa shape index (κ2) is 4.44. The monoisotopic (exact) mass is 135 g/mol. The van der Waals surface area contributed by atoms with Crippen molar-refractivity contribution in [3.05, 3.63) is 48.9 Å². The average Bonchev–Trinajstić information content (AvgIpc) is 2.01. The van der Waals surface area contributed by atoms with E-state index in [0.717, 1.165) is 0 Å². The van der Waals surface area contributed by atoms with Crippen LogP contribution in [0.5, 0.6) is 0 Å². The van der Waals surface area contributed by atoms with Crippen LogP contribution in [0.3, 0.4) is 0 Å². The Labute approximate surface area is 60.1 Å². The minimum Gasteiger partial charge on any atom is -0.391 e. The van der Waals surface area contributed by atoms with Crippen LogP contribution in [0.2, 0.25) is 0 Å². The third-order valence-electron chi connectivity index (χ3n) is 0.934. The first-order chi connectivity index (χ1) is 5.00. The van der Waals surface area contributed by atoms with Crippen LogP contribution >= 0.6 is 0 Å². The zero-order valence-electron chi connectivity index (χ0n) is 5.53. The molecule has 2 nitrogen and oxygen atoms in total. The van der Waals surface area contributed by atoms with E-state index in [1.54, 1.807) is 18.5 Å². The fourth-order valence-electron chi connectivity index (χ4n) is 0.515. The predicted molar refractivity (Wildman–Crippen MR) is 40.8 cm³/mol. The summed E-state index contributed by atoms with van der Waals surface area (Å²) in [4.78, 5) is 4.81. The summed E-state index contributed by atoms with van der Waals surface area (Å²) in [5, 5.41) is 0. The Morgan fingerprint density at radius 3 is 2.40 bits per heavy atom. The first kappa shape index (κ1) is 6.68. The Kier molecular flexibility index (Phi) is 2.96. The van der Waals surface area contributed by atoms with Crippen molar-refractivity contribution in [2.24, 2.45) is 0 Å². The van der Waals surface area contributed by atoms with Gasteiger partial charge in [0, 0.05) is 6.20 Å². The summed E-state index contributed by atoms with van der Waals surface area (Å²) in [6, 6.07) is 0. The molecule has 0 aromatic carbocycles. The number of hydrogen-bond donors (Lipinski definition) is 1. The predicted octanol–water partition coefficient (Wildman–Crippen LogP) is 1.66. The molecule has 2 heteroatoms. The summed E-state index contributed by atoms with van der Waals surface area (Å²) >= 11 is 0. The van der Waals surface area contributed by atoms with E-state index in [1.807, 2.05) is 30.4 Å². The molecule has 1 aliphatic rings. The average molecular weight is 135 g/mol. The molecule has 0 bridgehead atoms. The van der Waals surface area contributed by atoms with E-state index in [9.17, 15) is 0 Å². The molecule has 0 aliphatic carbocycles. The number of rotatable bonds is 0. The van der Waals surface area contributed by atoms with Crippen LogP contribution in [0.1, 0.15) is 0 Å². The van der Waals surface area contributed by atoms with Crippen molar-refractivity contribution < 1.29 is 4.84 Å². The Morgan fingerprint density at radius 1 is 0.800 bits per heavy atom. The first-order valence-corrected chi connectivity index (χ1v) is 3.06. The molecular formula is C8H9NO. The number of allylic oxidation sites excluding steroid dienone is 6. The summed E-state index contributed by atoms with van der Waals surface area (Å²) in [5.41, 5.74) is 2.60. The standard InChI is InChI=1S/C8H9NO/c1-2-4-6-8-10-9-7-5-3-1/h1-9H/b3-1-,4-2-,7-5-,8-6-. The Bertz CT molecular complexity index is 167. The van der Waals surface area contributed by atoms with Gasteiger partial charge >= 0.3 is 0 Å². The second-order valence-electron chi connectivity index (χ2n) is 1.69. The van der Waals surface area contributed by atoms with Crippen molar-refractivity contribution in [1.82, 2.24) is 5.48 Å². The van der Waals surface area contributed by atoms with Gasteiger partial charge in [-0.3, -0.25) is 0 Å². The maximum atomic E-state index is 4.81. The largest absolute Gasteiger partial charge is 0.391 e. The molecule has 0 amide bonds. The van der Waals surface area contributed by atoms with E-state index < -0.39 is 0 Å². The molecule has 0 saturated heterocycles. The van der Waals surface area contributed by atoms with Crippen molar-refractivity contribution in [3.63, 3.8) is 0 Å². The quantitative estimate of drug-likeness (QED) is 0.545. The number of hydroxylamine groups is 1. The first-order valence-electron chi connectivity index (χ1n) is 3.06. The Balaban J connectivity index is 2.53. The van der Waals surface area contributed by atoms with E-state index in [0.29, 0.717) is 0 Å². The van der Waals surface area contributed by atoms with Gasteiger partial charge in [-0.15, -0.1) is 0 Å². The molecule has 0 atom stereocenters. The van der Waals surface area contributed by atoms with Crippen LogP contribution in [0.4, 0.5) is 0 Å². The lowest BCUT2D eigenvalue weighted by Gasteiger charge is -1.94. The van der Waals surface area contributed by atoms with Gasteiger partial charge in [0.2, 0.25) is 0 Å². The van der Waals surface area contributed by atoms with Gasteiger partial charge in [0.05, 0.1) is 0 Å². The number of nitrogens with one attached hydrogen (secondary N) is 1. The smallest absolute Gasteiger partial charge is 0.119 e. The highest BCUT2D eigenvalue weighted by atomic mass is 16.6. The van der Waals surface area contributed by atoms with Gasteiger partial charge in [0.25, 0.3) is 0 Å². The third-order valence-corrected chi connectivity index (χ3v) is 0.934. The molecule has 10 heavy (non-hydrogen) atoms. The Morgan fingerprint density at radius 2 is 1.50 bits per heavy atom. The molecule has 52 valence electrons. The maximum Gasteiger partial charge on any atom is 0.119 e. The molecule has 0 saturated carbocycles. The summed E-state index contributed by atoms with van der Waals surface area (Å²) in [6.45, 7) is 0. The molecular weight excluding hydrogens is 126 g/mol. The van der Waals surface area contributed by atoms with E-state index in [-0.39, 0.29) is 0 Å². The van der Waals surface area contributed by atoms with E-state index in [4.69, 9.17) is 4.84 Å². The summed E-state index contributed by atoms with van der Waals surface area (Å²) in [5.74, 6) is 0. The minimum atomic E-state index is 1.57. The van der Waals surface area contributed by atoms with Crippen LogP contribution in [0.25, 0.3) is 0 Å². The molecule has 0 spiro atoms. The maximum absolute atomic E-state index is 4.81. The SMILES string of the molecule is C1=C\C=C/NO/C=C\C=C/1. The highest BCUT2D eigenvalue weighted by Crippen LogP contribution is 1.84. The summed E-state index contributed by atoms with van der Waals surface area (Å²) < 4.78 is 0. The molecule has 1 heterocycles. The van der Waals surface area contributed by atoms with Crippen molar-refractivity contribution in [3.8, 4) is 0 Å².